The number of nitrogens with one attached hydrogen (secondary N) is 3. The van der Waals surface area contributed by atoms with Crippen LogP contribution in [0, 0.1) is 29.6 Å². The molecule has 438 valence electrons. The number of methoxy groups -OCH3 is 1. The fraction of sp³-hybridized carbons (Fsp3) is 0.737. The molecule has 5 N–H and O–H groups in total. The van der Waals surface area contributed by atoms with E-state index in [-0.39, 0.29) is 50.2 Å². The third kappa shape index (κ3) is 17.2. The molecule has 0 spiro atoms. The number of hydrogen-bond donors (Lipinski definition) is 5. The first kappa shape index (κ1) is 64.9. The molecular weight excluding hydrogens is 1010 g/mol. The first-order valence-corrected chi connectivity index (χ1v) is 28.0. The van der Waals surface area contributed by atoms with E-state index in [2.05, 4.69) is 16.0 Å². The number of ketones is 1. The molecule has 21 heteroatoms. The molecular formula is C57H91N7O14. The standard InChI is InChI=1S/C57H91N7O14/c1-15-34(8)47-45(66)29-46(67)78-50(33(6)7)49(68)35(9)51(69)58-41(26-31(2)3)55(73)64-25-17-19-42(64)56(74)62(13)44(28-38-20-22-40(76-14)23-21-38)57(75)77-37(11)48(53(71)59-47)60-52(70)43(27-32(4)5)61(12)30-39-18-16-24-63(39)54(72)36(10)65/h20-23,31-37,39,41-45,47-48,50,65-66H,15-19,24-30H2,1-14H3,(H,58,69)(H,59,71)(H,60,70)/t34?,35?,36?,37-,39-,41-,42?,43+,44+,45-,47?,48?,50+/m1/s1. The number of carbonyl (C=O) groups is 9. The average Bonchev–Trinajstić information content (AvgIpc) is 4.09. The minimum Gasteiger partial charge on any atom is -0.497 e. The zero-order valence-corrected chi connectivity index (χ0v) is 48.6. The van der Waals surface area contributed by atoms with Crippen LogP contribution in [0.15, 0.2) is 24.3 Å². The van der Waals surface area contributed by atoms with Crippen molar-refractivity contribution in [3.8, 4) is 5.75 Å². The number of carbonyl (C=O) groups excluding carboxylic acids is 9. The number of hydrogen-bond acceptors (Lipinski definition) is 15. The summed E-state index contributed by atoms with van der Waals surface area (Å²) in [7, 11) is 4.67. The van der Waals surface area contributed by atoms with Crippen LogP contribution in [0.3, 0.4) is 0 Å². The van der Waals surface area contributed by atoms with Gasteiger partial charge in [-0.05, 0) is 108 Å². The Kier molecular flexibility index (Phi) is 24.5. The van der Waals surface area contributed by atoms with Crippen LogP contribution < -0.4 is 20.7 Å². The molecule has 13 atom stereocenters. The lowest BCUT2D eigenvalue weighted by Crippen LogP contribution is -2.61. The van der Waals surface area contributed by atoms with E-state index < -0.39 is 138 Å². The molecule has 0 saturated carbocycles. The van der Waals surface area contributed by atoms with Crippen molar-refractivity contribution in [3.05, 3.63) is 29.8 Å². The monoisotopic (exact) mass is 1100 g/mol. The second kappa shape index (κ2) is 29.5. The number of amides is 6. The largest absolute Gasteiger partial charge is 0.497 e. The lowest BCUT2D eigenvalue weighted by atomic mass is 9.91. The van der Waals surface area contributed by atoms with Crippen LogP contribution in [0.2, 0.25) is 0 Å². The van der Waals surface area contributed by atoms with Crippen molar-refractivity contribution in [1.29, 1.82) is 0 Å². The number of Topliss-reactive ketones (excluding diaryl/α,β-unsaturated/α-hetero) is 1. The molecule has 21 nitrogen and oxygen atoms in total. The van der Waals surface area contributed by atoms with Crippen LogP contribution >= 0.6 is 0 Å². The number of likely N-dealkylation sites (tertiary alicyclic amines) is 1. The van der Waals surface area contributed by atoms with E-state index >= 15 is 4.79 Å². The molecule has 0 radical (unpaired) electrons. The number of nitrogens with zero attached hydrogens (tertiary/aromatic N) is 4. The molecule has 4 rings (SSSR count). The van der Waals surface area contributed by atoms with Gasteiger partial charge in [0, 0.05) is 39.1 Å². The van der Waals surface area contributed by atoms with Gasteiger partial charge in [-0.2, -0.15) is 0 Å². The highest BCUT2D eigenvalue weighted by molar-refractivity contribution is 6.05. The number of rotatable bonds is 16. The van der Waals surface area contributed by atoms with Crippen LogP contribution in [0.25, 0.3) is 0 Å². The van der Waals surface area contributed by atoms with Crippen LogP contribution in [-0.2, 0) is 59.0 Å². The van der Waals surface area contributed by atoms with Gasteiger partial charge < -0.3 is 55.1 Å². The van der Waals surface area contributed by atoms with Gasteiger partial charge in [0.05, 0.1) is 37.6 Å². The van der Waals surface area contributed by atoms with Crippen LogP contribution in [0.5, 0.6) is 5.75 Å². The number of fused-ring (bicyclic) bond motifs is 1. The molecule has 0 bridgehead atoms. The van der Waals surface area contributed by atoms with E-state index in [1.807, 2.05) is 34.6 Å². The lowest BCUT2D eigenvalue weighted by molar-refractivity contribution is -0.163. The highest BCUT2D eigenvalue weighted by Gasteiger charge is 2.45. The van der Waals surface area contributed by atoms with Gasteiger partial charge in [-0.1, -0.05) is 73.9 Å². The summed E-state index contributed by atoms with van der Waals surface area (Å²) in [5, 5.41) is 30.5. The van der Waals surface area contributed by atoms with E-state index in [0.717, 1.165) is 0 Å². The third-order valence-electron chi connectivity index (χ3n) is 15.5. The van der Waals surface area contributed by atoms with Crippen molar-refractivity contribution >= 4 is 53.2 Å². The second-order valence-corrected chi connectivity index (χ2v) is 23.1. The van der Waals surface area contributed by atoms with Crippen molar-refractivity contribution in [3.63, 3.8) is 0 Å². The summed E-state index contributed by atoms with van der Waals surface area (Å²) in [6.45, 7) is 19.4. The Bertz CT molecular complexity index is 2240. The van der Waals surface area contributed by atoms with E-state index in [9.17, 15) is 48.6 Å². The van der Waals surface area contributed by atoms with Crippen molar-refractivity contribution in [2.75, 3.05) is 40.8 Å². The van der Waals surface area contributed by atoms with Crippen molar-refractivity contribution in [1.82, 2.24) is 35.6 Å². The SMILES string of the molecule is CCC(C)C1NC(=O)C(NC(=O)[C@H](CC(C)C)N(C)C[C@H]2CCCN2C(=O)C(C)O)[C@@H](C)OC(=O)[C@H](Cc2ccc(OC)cc2)N(C)C(=O)C2CCCN2C(=O)[C@@H](CC(C)C)NC(=O)C(C)C(=O)[C@H](C(C)C)OC(=O)C[C@H]1O. The first-order valence-electron chi connectivity index (χ1n) is 28.0. The molecule has 3 fully saturated rings. The molecule has 6 amide bonds. The maximum atomic E-state index is 15.0. The highest BCUT2D eigenvalue weighted by Crippen LogP contribution is 2.27. The molecule has 3 aliphatic heterocycles. The van der Waals surface area contributed by atoms with Crippen LogP contribution in [-0.4, -0.2) is 191 Å². The molecule has 3 heterocycles. The fourth-order valence-corrected chi connectivity index (χ4v) is 10.7. The summed E-state index contributed by atoms with van der Waals surface area (Å²) in [6, 6.07) is -0.766. The summed E-state index contributed by atoms with van der Waals surface area (Å²) in [5.74, 6) is -8.68. The van der Waals surface area contributed by atoms with Gasteiger partial charge in [-0.15, -0.1) is 0 Å². The summed E-state index contributed by atoms with van der Waals surface area (Å²) in [4.78, 5) is 135. The number of benzene rings is 1. The summed E-state index contributed by atoms with van der Waals surface area (Å²) in [5.41, 5.74) is 0.604. The number of ether oxygens (including phenoxy) is 3. The normalized spacial score (nSPS) is 28.1. The van der Waals surface area contributed by atoms with Gasteiger partial charge in [0.1, 0.15) is 42.1 Å². The number of aliphatic hydroxyl groups is 2. The molecule has 78 heavy (non-hydrogen) atoms. The summed E-state index contributed by atoms with van der Waals surface area (Å²) >= 11 is 0. The quantitative estimate of drug-likeness (QED) is 0.118. The Hall–Kier alpha value is -5.67. The van der Waals surface area contributed by atoms with Crippen LogP contribution in [0.4, 0.5) is 0 Å². The number of aliphatic hydroxyl groups excluding tert-OH is 2. The van der Waals surface area contributed by atoms with Crippen molar-refractivity contribution in [2.45, 2.75) is 201 Å². The predicted octanol–water partition coefficient (Wildman–Crippen LogP) is 2.79. The molecule has 1 aromatic rings. The zero-order chi connectivity index (χ0) is 58.5. The molecule has 3 saturated heterocycles. The minimum absolute atomic E-state index is 0.0444. The van der Waals surface area contributed by atoms with E-state index in [0.29, 0.717) is 50.0 Å². The smallest absolute Gasteiger partial charge is 0.329 e. The van der Waals surface area contributed by atoms with Crippen molar-refractivity contribution < 1.29 is 67.6 Å². The Morgan fingerprint density at radius 1 is 0.872 bits per heavy atom. The Balaban J connectivity index is 1.87. The molecule has 0 aliphatic carbocycles. The van der Waals surface area contributed by atoms with Gasteiger partial charge in [-0.3, -0.25) is 43.3 Å². The number of likely N-dealkylation sites (N-methyl/N-ethyl adjacent to an activating group) is 2. The third-order valence-corrected chi connectivity index (χ3v) is 15.5. The van der Waals surface area contributed by atoms with E-state index in [1.54, 1.807) is 61.9 Å². The Morgan fingerprint density at radius 3 is 2.09 bits per heavy atom. The Morgan fingerprint density at radius 2 is 1.51 bits per heavy atom. The van der Waals surface area contributed by atoms with Crippen LogP contribution in [0.1, 0.15) is 133 Å². The van der Waals surface area contributed by atoms with Gasteiger partial charge in [0.2, 0.25) is 29.5 Å². The highest BCUT2D eigenvalue weighted by atomic mass is 16.6. The van der Waals surface area contributed by atoms with E-state index in [1.165, 1.54) is 44.7 Å². The molecule has 0 aromatic heterocycles. The number of cyclic esters (lactones) is 2. The maximum absolute atomic E-state index is 15.0. The molecule has 6 unspecified atom stereocenters. The Labute approximate surface area is 461 Å². The maximum Gasteiger partial charge on any atom is 0.329 e. The van der Waals surface area contributed by atoms with Gasteiger partial charge >= 0.3 is 11.9 Å². The lowest BCUT2D eigenvalue weighted by Gasteiger charge is -2.36. The topological polar surface area (TPSA) is 271 Å². The summed E-state index contributed by atoms with van der Waals surface area (Å²) < 4.78 is 17.3. The predicted molar refractivity (Wildman–Crippen MR) is 290 cm³/mol. The minimum atomic E-state index is -1.64. The van der Waals surface area contributed by atoms with Gasteiger partial charge in [0.25, 0.3) is 5.91 Å². The second-order valence-electron chi connectivity index (χ2n) is 23.1. The summed E-state index contributed by atoms with van der Waals surface area (Å²) in [6.07, 6.45) is -3.66. The van der Waals surface area contributed by atoms with Crippen molar-refractivity contribution in [2.24, 2.45) is 29.6 Å². The zero-order valence-electron chi connectivity index (χ0n) is 48.6. The number of esters is 2. The fourth-order valence-electron chi connectivity index (χ4n) is 10.7. The first-order chi connectivity index (χ1) is 36.6. The van der Waals surface area contributed by atoms with Gasteiger partial charge in [-0.25, -0.2) is 4.79 Å². The van der Waals surface area contributed by atoms with Gasteiger partial charge in [0.15, 0.2) is 11.9 Å². The van der Waals surface area contributed by atoms with E-state index in [4.69, 9.17) is 14.2 Å². The average molecular weight is 1100 g/mol. The molecule has 3 aliphatic rings. The molecule has 1 aromatic carbocycles.